The molecule has 0 spiro atoms. The maximum Gasteiger partial charge on any atom is 0.336 e. The first kappa shape index (κ1) is 10.1. The van der Waals surface area contributed by atoms with Gasteiger partial charge >= 0.3 is 5.97 Å². The monoisotopic (exact) mass is 208 g/mol. The molecule has 0 saturated heterocycles. The average Bonchev–Trinajstić information content (AvgIpc) is 2.66. The molecule has 1 aromatic rings. The molecule has 1 aromatic carbocycles. The van der Waals surface area contributed by atoms with Crippen LogP contribution in [0.2, 0.25) is 0 Å². The molecule has 0 aliphatic heterocycles. The zero-order chi connectivity index (χ0) is 10.9. The molecule has 2 nitrogen and oxygen atoms in total. The molecule has 3 heteroatoms. The first-order chi connectivity index (χ1) is 7.13. The van der Waals surface area contributed by atoms with Crippen LogP contribution in [0.1, 0.15) is 41.6 Å². The molecular weight excluding hydrogens is 195 g/mol. The Hall–Kier alpha value is -1.38. The van der Waals surface area contributed by atoms with Crippen LogP contribution in [-0.4, -0.2) is 11.1 Å². The summed E-state index contributed by atoms with van der Waals surface area (Å²) >= 11 is 0. The Bertz CT molecular complexity index is 381. The molecule has 0 radical (unpaired) electrons. The molecule has 2 rings (SSSR count). The minimum Gasteiger partial charge on any atom is -0.478 e. The molecule has 1 N–H and O–H groups in total. The fourth-order valence-electron chi connectivity index (χ4n) is 2.27. The average molecular weight is 208 g/mol. The van der Waals surface area contributed by atoms with E-state index in [1.807, 2.05) is 0 Å². The minimum atomic E-state index is -1.42. The molecule has 0 atom stereocenters. The van der Waals surface area contributed by atoms with E-state index in [1.165, 1.54) is 6.07 Å². The van der Waals surface area contributed by atoms with Crippen molar-refractivity contribution >= 4 is 5.97 Å². The van der Waals surface area contributed by atoms with Crippen LogP contribution in [0.3, 0.4) is 0 Å². The molecule has 0 amide bonds. The van der Waals surface area contributed by atoms with Gasteiger partial charge in [-0.05, 0) is 31.7 Å². The van der Waals surface area contributed by atoms with Gasteiger partial charge in [0.2, 0.25) is 0 Å². The zero-order valence-electron chi connectivity index (χ0n) is 8.37. The predicted octanol–water partition coefficient (Wildman–Crippen LogP) is 3.12. The van der Waals surface area contributed by atoms with Crippen molar-refractivity contribution in [3.63, 3.8) is 0 Å². The Morgan fingerprint density at radius 2 is 1.87 bits per heavy atom. The maximum absolute atomic E-state index is 14.4. The largest absolute Gasteiger partial charge is 0.478 e. The standard InChI is InChI=1S/C12H13FO2/c13-12(7-3-4-8-12)10-6-2-1-5-9(10)11(14)15/h1-2,5-6H,3-4,7-8H2,(H,14,15). The van der Waals surface area contributed by atoms with Gasteiger partial charge in [-0.25, -0.2) is 9.18 Å². The van der Waals surface area contributed by atoms with Gasteiger partial charge in [0.05, 0.1) is 5.56 Å². The van der Waals surface area contributed by atoms with Crippen molar-refractivity contribution in [3.05, 3.63) is 35.4 Å². The van der Waals surface area contributed by atoms with Crippen molar-refractivity contribution in [1.29, 1.82) is 0 Å². The highest BCUT2D eigenvalue weighted by molar-refractivity contribution is 5.89. The van der Waals surface area contributed by atoms with Gasteiger partial charge in [0, 0.05) is 5.56 Å². The van der Waals surface area contributed by atoms with Gasteiger partial charge in [-0.3, -0.25) is 0 Å². The van der Waals surface area contributed by atoms with Crippen molar-refractivity contribution < 1.29 is 14.3 Å². The molecule has 1 aliphatic carbocycles. The van der Waals surface area contributed by atoms with E-state index >= 15 is 0 Å². The van der Waals surface area contributed by atoms with Crippen LogP contribution in [0.5, 0.6) is 0 Å². The Kier molecular flexibility index (Phi) is 2.47. The quantitative estimate of drug-likeness (QED) is 0.810. The number of carboxylic acid groups (broad SMARTS) is 1. The Labute approximate surface area is 87.7 Å². The summed E-state index contributed by atoms with van der Waals surface area (Å²) in [6.07, 6.45) is 2.56. The fraction of sp³-hybridized carbons (Fsp3) is 0.417. The lowest BCUT2D eigenvalue weighted by Gasteiger charge is -2.21. The van der Waals surface area contributed by atoms with E-state index < -0.39 is 11.6 Å². The van der Waals surface area contributed by atoms with E-state index in [4.69, 9.17) is 5.11 Å². The first-order valence-electron chi connectivity index (χ1n) is 5.15. The van der Waals surface area contributed by atoms with E-state index in [9.17, 15) is 9.18 Å². The molecule has 80 valence electrons. The smallest absolute Gasteiger partial charge is 0.336 e. The fourth-order valence-corrected chi connectivity index (χ4v) is 2.27. The van der Waals surface area contributed by atoms with Crippen LogP contribution in [0.4, 0.5) is 4.39 Å². The minimum absolute atomic E-state index is 0.0990. The molecule has 0 bridgehead atoms. The molecule has 15 heavy (non-hydrogen) atoms. The molecule has 1 saturated carbocycles. The third-order valence-corrected chi connectivity index (χ3v) is 3.04. The normalized spacial score (nSPS) is 19.0. The number of benzene rings is 1. The van der Waals surface area contributed by atoms with Gasteiger partial charge in [-0.2, -0.15) is 0 Å². The second kappa shape index (κ2) is 3.65. The number of hydrogen-bond acceptors (Lipinski definition) is 1. The number of carbonyl (C=O) groups is 1. The summed E-state index contributed by atoms with van der Waals surface area (Å²) in [6.45, 7) is 0. The van der Waals surface area contributed by atoms with Gasteiger partial charge < -0.3 is 5.11 Å². The van der Waals surface area contributed by atoms with Gasteiger partial charge in [-0.1, -0.05) is 18.2 Å². The molecule has 1 fully saturated rings. The number of aromatic carboxylic acids is 1. The van der Waals surface area contributed by atoms with Gasteiger partial charge in [0.15, 0.2) is 0 Å². The zero-order valence-corrected chi connectivity index (χ0v) is 8.37. The molecule has 0 unspecified atom stereocenters. The summed E-state index contributed by atoms with van der Waals surface area (Å²) in [7, 11) is 0. The summed E-state index contributed by atoms with van der Waals surface area (Å²) in [5, 5.41) is 8.97. The third kappa shape index (κ3) is 1.74. The molecule has 0 aromatic heterocycles. The summed E-state index contributed by atoms with van der Waals surface area (Å²) < 4.78 is 14.4. The Morgan fingerprint density at radius 1 is 1.27 bits per heavy atom. The number of carboxylic acids is 1. The summed E-state index contributed by atoms with van der Waals surface area (Å²) in [5.41, 5.74) is -0.980. The SMILES string of the molecule is O=C(O)c1ccccc1C1(F)CCCC1. The van der Waals surface area contributed by atoms with Gasteiger partial charge in [-0.15, -0.1) is 0 Å². The lowest BCUT2D eigenvalue weighted by atomic mass is 9.90. The van der Waals surface area contributed by atoms with Gasteiger partial charge in [0.1, 0.15) is 5.67 Å². The Balaban J connectivity index is 2.47. The van der Waals surface area contributed by atoms with Crippen molar-refractivity contribution in [1.82, 2.24) is 0 Å². The van der Waals surface area contributed by atoms with Crippen LogP contribution in [0.25, 0.3) is 0 Å². The van der Waals surface area contributed by atoms with Crippen molar-refractivity contribution in [2.75, 3.05) is 0 Å². The van der Waals surface area contributed by atoms with E-state index in [-0.39, 0.29) is 5.56 Å². The number of alkyl halides is 1. The first-order valence-corrected chi connectivity index (χ1v) is 5.15. The predicted molar refractivity (Wildman–Crippen MR) is 54.7 cm³/mol. The van der Waals surface area contributed by atoms with Crippen LogP contribution >= 0.6 is 0 Å². The van der Waals surface area contributed by atoms with Crippen molar-refractivity contribution in [3.8, 4) is 0 Å². The van der Waals surface area contributed by atoms with Crippen molar-refractivity contribution in [2.45, 2.75) is 31.4 Å². The lowest BCUT2D eigenvalue weighted by molar-refractivity contribution is 0.0686. The van der Waals surface area contributed by atoms with Crippen LogP contribution < -0.4 is 0 Å². The second-order valence-corrected chi connectivity index (χ2v) is 4.02. The van der Waals surface area contributed by atoms with E-state index in [2.05, 4.69) is 0 Å². The summed E-state index contributed by atoms with van der Waals surface area (Å²) in [4.78, 5) is 11.0. The highest BCUT2D eigenvalue weighted by Crippen LogP contribution is 2.43. The van der Waals surface area contributed by atoms with Crippen LogP contribution in [-0.2, 0) is 5.67 Å². The number of rotatable bonds is 2. The molecular formula is C12H13FO2. The summed E-state index contributed by atoms with van der Waals surface area (Å²) in [6, 6.07) is 6.39. The van der Waals surface area contributed by atoms with E-state index in [0.717, 1.165) is 12.8 Å². The van der Waals surface area contributed by atoms with Crippen molar-refractivity contribution in [2.24, 2.45) is 0 Å². The Morgan fingerprint density at radius 3 is 2.47 bits per heavy atom. The molecule has 1 aliphatic rings. The number of hydrogen-bond donors (Lipinski definition) is 1. The highest BCUT2D eigenvalue weighted by Gasteiger charge is 2.38. The van der Waals surface area contributed by atoms with Crippen LogP contribution in [0, 0.1) is 0 Å². The topological polar surface area (TPSA) is 37.3 Å². The lowest BCUT2D eigenvalue weighted by Crippen LogP contribution is -2.19. The maximum atomic E-state index is 14.4. The number of halogens is 1. The second-order valence-electron chi connectivity index (χ2n) is 4.02. The van der Waals surface area contributed by atoms with E-state index in [1.54, 1.807) is 18.2 Å². The highest BCUT2D eigenvalue weighted by atomic mass is 19.1. The molecule has 0 heterocycles. The summed E-state index contributed by atoms with van der Waals surface area (Å²) in [5.74, 6) is -1.05. The van der Waals surface area contributed by atoms with E-state index in [0.29, 0.717) is 18.4 Å². The third-order valence-electron chi connectivity index (χ3n) is 3.04. The van der Waals surface area contributed by atoms with Crippen LogP contribution in [0.15, 0.2) is 24.3 Å². The van der Waals surface area contributed by atoms with Gasteiger partial charge in [0.25, 0.3) is 0 Å².